The van der Waals surface area contributed by atoms with Crippen LogP contribution in [0.1, 0.15) is 44.9 Å². The molecule has 0 aliphatic carbocycles. The molecule has 0 bridgehead atoms. The molecular formula is C27H25ClN2O5S. The van der Waals surface area contributed by atoms with Gasteiger partial charge in [0.2, 0.25) is 5.91 Å². The summed E-state index contributed by atoms with van der Waals surface area (Å²) in [7, 11) is 0. The molecule has 3 heterocycles. The highest BCUT2D eigenvalue weighted by atomic mass is 35.5. The topological polar surface area (TPSA) is 76.2 Å². The number of rotatable bonds is 5. The first-order valence-corrected chi connectivity index (χ1v) is 12.9. The lowest BCUT2D eigenvalue weighted by Crippen LogP contribution is -2.37. The standard InChI is InChI=1S/C27H25ClN2O5S/c1-5-34-27(33)20-15(3)16(4)36-26(20)29-24(31)21-22(17-8-6-14(2)7-9-17)30(35-23(21)25(29)32)19-12-10-18(28)11-13-19/h6-13,21-23H,5H2,1-4H3/t21-,22-,23-/m0/s1. The lowest BCUT2D eigenvalue weighted by molar-refractivity contribution is -0.126. The first-order chi connectivity index (χ1) is 17.2. The first-order valence-electron chi connectivity index (χ1n) is 11.7. The van der Waals surface area contributed by atoms with Crippen LogP contribution < -0.4 is 9.96 Å². The Labute approximate surface area is 218 Å². The molecule has 2 aliphatic rings. The van der Waals surface area contributed by atoms with Gasteiger partial charge in [-0.1, -0.05) is 41.4 Å². The molecule has 3 atom stereocenters. The van der Waals surface area contributed by atoms with Crippen LogP contribution in [0.3, 0.4) is 0 Å². The zero-order valence-electron chi connectivity index (χ0n) is 20.3. The number of hydrogen-bond acceptors (Lipinski definition) is 7. The Morgan fingerprint density at radius 1 is 1.03 bits per heavy atom. The number of carbonyl (C=O) groups excluding carboxylic acids is 3. The number of thiophene rings is 1. The second-order valence-electron chi connectivity index (χ2n) is 8.91. The molecule has 3 aromatic rings. The van der Waals surface area contributed by atoms with Crippen molar-refractivity contribution in [1.29, 1.82) is 0 Å². The van der Waals surface area contributed by atoms with Gasteiger partial charge in [0, 0.05) is 9.90 Å². The molecule has 36 heavy (non-hydrogen) atoms. The fourth-order valence-corrected chi connectivity index (χ4v) is 6.02. The van der Waals surface area contributed by atoms with Gasteiger partial charge in [-0.2, -0.15) is 0 Å². The van der Waals surface area contributed by atoms with E-state index < -0.39 is 35.8 Å². The lowest BCUT2D eigenvalue weighted by Gasteiger charge is -2.28. The van der Waals surface area contributed by atoms with Crippen molar-refractivity contribution in [3.63, 3.8) is 0 Å². The third-order valence-electron chi connectivity index (χ3n) is 6.66. The molecule has 0 spiro atoms. The Morgan fingerprint density at radius 3 is 2.33 bits per heavy atom. The van der Waals surface area contributed by atoms with Crippen LogP contribution in [0, 0.1) is 26.7 Å². The van der Waals surface area contributed by atoms with E-state index in [1.807, 2.05) is 38.1 Å². The van der Waals surface area contributed by atoms with Crippen molar-refractivity contribution in [2.24, 2.45) is 5.92 Å². The van der Waals surface area contributed by atoms with Crippen molar-refractivity contribution in [1.82, 2.24) is 0 Å². The lowest BCUT2D eigenvalue weighted by atomic mass is 9.90. The van der Waals surface area contributed by atoms with Crippen molar-refractivity contribution in [3.05, 3.63) is 80.7 Å². The summed E-state index contributed by atoms with van der Waals surface area (Å²) in [5, 5.41) is 2.48. The molecular weight excluding hydrogens is 500 g/mol. The zero-order chi connectivity index (χ0) is 25.7. The molecule has 1 aromatic heterocycles. The van der Waals surface area contributed by atoms with E-state index in [-0.39, 0.29) is 17.2 Å². The summed E-state index contributed by atoms with van der Waals surface area (Å²) in [6, 6.07) is 14.3. The third kappa shape index (κ3) is 3.89. The van der Waals surface area contributed by atoms with E-state index in [0.29, 0.717) is 16.3 Å². The summed E-state index contributed by atoms with van der Waals surface area (Å²) in [6.45, 7) is 7.54. The fourth-order valence-electron chi connectivity index (χ4n) is 4.74. The third-order valence-corrected chi connectivity index (χ3v) is 8.11. The second-order valence-corrected chi connectivity index (χ2v) is 10.5. The minimum absolute atomic E-state index is 0.189. The van der Waals surface area contributed by atoms with E-state index in [9.17, 15) is 14.4 Å². The number of carbonyl (C=O) groups is 3. The number of halogens is 1. The summed E-state index contributed by atoms with van der Waals surface area (Å²) in [6.07, 6.45) is -1.03. The van der Waals surface area contributed by atoms with E-state index in [0.717, 1.165) is 20.9 Å². The molecule has 5 rings (SSSR count). The van der Waals surface area contributed by atoms with Crippen LogP contribution in [-0.4, -0.2) is 30.5 Å². The summed E-state index contributed by atoms with van der Waals surface area (Å²) in [4.78, 5) is 48.6. The van der Waals surface area contributed by atoms with Crippen molar-refractivity contribution in [3.8, 4) is 0 Å². The summed E-state index contributed by atoms with van der Waals surface area (Å²) in [5.41, 5.74) is 3.55. The molecule has 0 unspecified atom stereocenters. The quantitative estimate of drug-likeness (QED) is 0.321. The van der Waals surface area contributed by atoms with Crippen molar-refractivity contribution in [2.75, 3.05) is 16.6 Å². The van der Waals surface area contributed by atoms with E-state index in [2.05, 4.69) is 0 Å². The number of benzene rings is 2. The molecule has 2 saturated heterocycles. The Hall–Kier alpha value is -3.20. The Kier molecular flexibility index (Phi) is 6.36. The minimum atomic E-state index is -1.03. The molecule has 186 valence electrons. The normalized spacial score (nSPS) is 21.3. The molecule has 7 nitrogen and oxygen atoms in total. The van der Waals surface area contributed by atoms with Gasteiger partial charge in [0.15, 0.2) is 6.10 Å². The van der Waals surface area contributed by atoms with Gasteiger partial charge in [0.1, 0.15) is 10.9 Å². The van der Waals surface area contributed by atoms with Gasteiger partial charge in [-0.25, -0.2) is 14.8 Å². The number of fused-ring (bicyclic) bond motifs is 1. The van der Waals surface area contributed by atoms with E-state index in [1.165, 1.54) is 11.3 Å². The molecule has 2 fully saturated rings. The van der Waals surface area contributed by atoms with Gasteiger partial charge < -0.3 is 4.74 Å². The highest BCUT2D eigenvalue weighted by molar-refractivity contribution is 7.17. The summed E-state index contributed by atoms with van der Waals surface area (Å²) in [5.74, 6) is -2.25. The van der Waals surface area contributed by atoms with Crippen LogP contribution in [0.4, 0.5) is 10.7 Å². The van der Waals surface area contributed by atoms with Gasteiger partial charge in [0.05, 0.1) is 23.9 Å². The van der Waals surface area contributed by atoms with Gasteiger partial charge in [-0.05, 0) is 63.1 Å². The van der Waals surface area contributed by atoms with Crippen LogP contribution in [-0.2, 0) is 19.2 Å². The Balaban J connectivity index is 1.59. The number of aryl methyl sites for hydroxylation is 2. The van der Waals surface area contributed by atoms with Crippen LogP contribution in [0.15, 0.2) is 48.5 Å². The number of esters is 1. The maximum atomic E-state index is 14.0. The number of amides is 2. The molecule has 2 amide bonds. The minimum Gasteiger partial charge on any atom is -0.462 e. The number of imide groups is 1. The number of anilines is 2. The number of ether oxygens (including phenoxy) is 1. The highest BCUT2D eigenvalue weighted by Gasteiger charge is 2.61. The highest BCUT2D eigenvalue weighted by Crippen LogP contribution is 2.49. The van der Waals surface area contributed by atoms with Crippen molar-refractivity contribution >= 4 is 51.4 Å². The van der Waals surface area contributed by atoms with Crippen molar-refractivity contribution < 1.29 is 24.0 Å². The average Bonchev–Trinajstić information content (AvgIpc) is 3.45. The molecule has 0 N–H and O–H groups in total. The van der Waals surface area contributed by atoms with Gasteiger partial charge >= 0.3 is 5.97 Å². The Morgan fingerprint density at radius 2 is 1.69 bits per heavy atom. The van der Waals surface area contributed by atoms with Crippen LogP contribution >= 0.6 is 22.9 Å². The monoisotopic (exact) mass is 524 g/mol. The number of nitrogens with zero attached hydrogens (tertiary/aromatic N) is 2. The first kappa shape index (κ1) is 24.5. The maximum absolute atomic E-state index is 14.0. The zero-order valence-corrected chi connectivity index (χ0v) is 21.9. The van der Waals surface area contributed by atoms with E-state index in [1.54, 1.807) is 43.2 Å². The number of hydrogen-bond donors (Lipinski definition) is 0. The maximum Gasteiger partial charge on any atom is 0.341 e. The van der Waals surface area contributed by atoms with Gasteiger partial charge in [0.25, 0.3) is 5.91 Å². The van der Waals surface area contributed by atoms with Crippen LogP contribution in [0.25, 0.3) is 0 Å². The van der Waals surface area contributed by atoms with E-state index in [4.69, 9.17) is 21.2 Å². The van der Waals surface area contributed by atoms with Gasteiger partial charge in [-0.3, -0.25) is 14.4 Å². The van der Waals surface area contributed by atoms with E-state index >= 15 is 0 Å². The molecule has 0 saturated carbocycles. The SMILES string of the molecule is CCOC(=O)c1c(N2C(=O)[C@@H]3[C@H](ON(c4ccc(Cl)cc4)[C@H]3c3ccc(C)cc3)C2=O)sc(C)c1C. The fraction of sp³-hybridized carbons (Fsp3) is 0.296. The molecule has 9 heteroatoms. The van der Waals surface area contributed by atoms with Crippen LogP contribution in [0.2, 0.25) is 5.02 Å². The predicted molar refractivity (Wildman–Crippen MR) is 138 cm³/mol. The van der Waals surface area contributed by atoms with Crippen LogP contribution in [0.5, 0.6) is 0 Å². The average molecular weight is 525 g/mol. The second kappa shape index (κ2) is 9.35. The molecule has 2 aliphatic heterocycles. The molecule has 2 aromatic carbocycles. The summed E-state index contributed by atoms with van der Waals surface area (Å²) < 4.78 is 5.24. The molecule has 0 radical (unpaired) electrons. The van der Waals surface area contributed by atoms with Crippen molar-refractivity contribution in [2.45, 2.75) is 39.8 Å². The summed E-state index contributed by atoms with van der Waals surface area (Å²) >= 11 is 7.32. The largest absolute Gasteiger partial charge is 0.462 e. The smallest absolute Gasteiger partial charge is 0.341 e. The van der Waals surface area contributed by atoms with Gasteiger partial charge in [-0.15, -0.1) is 11.3 Å². The Bertz CT molecular complexity index is 1350. The predicted octanol–water partition coefficient (Wildman–Crippen LogP) is 5.55. The number of hydroxylamine groups is 1.